The number of hydrogen-bond acceptors (Lipinski definition) is 3. The monoisotopic (exact) mass is 359 g/mol. The Bertz CT molecular complexity index is 565. The van der Waals surface area contributed by atoms with Crippen LogP contribution in [-0.4, -0.2) is 49.0 Å². The molecule has 3 rings (SSSR count). The fraction of sp³-hybridized carbons (Fsp3) is 0.588. The molecule has 2 saturated heterocycles. The van der Waals surface area contributed by atoms with E-state index in [-0.39, 0.29) is 18.3 Å². The van der Waals surface area contributed by atoms with Gasteiger partial charge in [-0.15, -0.1) is 12.4 Å². The number of nitrogens with zero attached hydrogens (tertiary/aromatic N) is 1. The van der Waals surface area contributed by atoms with Gasteiger partial charge in [-0.3, -0.25) is 10.1 Å². The van der Waals surface area contributed by atoms with Crippen LogP contribution in [-0.2, 0) is 11.2 Å². The van der Waals surface area contributed by atoms with Crippen LogP contribution in [0.2, 0.25) is 0 Å². The summed E-state index contributed by atoms with van der Waals surface area (Å²) >= 11 is 0. The minimum atomic E-state index is -2.79. The standard InChI is InChI=1S/C17H23F2N3O.ClH/c18-17(19)11-15(20-12-17)16(23)21-14-5-3-4-13(10-14)6-9-22-7-1-2-8-22;/h3-5,10,15,20H,1-2,6-9,11-12H2,(H,21,23);1H. The summed E-state index contributed by atoms with van der Waals surface area (Å²) in [6, 6.07) is 6.84. The summed E-state index contributed by atoms with van der Waals surface area (Å²) in [7, 11) is 0. The van der Waals surface area contributed by atoms with Gasteiger partial charge in [0.1, 0.15) is 0 Å². The van der Waals surface area contributed by atoms with E-state index < -0.39 is 24.9 Å². The Balaban J connectivity index is 0.00000208. The number of nitrogens with one attached hydrogen (secondary N) is 2. The van der Waals surface area contributed by atoms with Crippen molar-refractivity contribution in [1.29, 1.82) is 0 Å². The highest BCUT2D eigenvalue weighted by Crippen LogP contribution is 2.25. The summed E-state index contributed by atoms with van der Waals surface area (Å²) in [6.07, 6.45) is 3.04. The molecule has 1 aromatic carbocycles. The van der Waals surface area contributed by atoms with Crippen LogP contribution >= 0.6 is 12.4 Å². The number of carbonyl (C=O) groups excluding carboxylic acids is 1. The van der Waals surface area contributed by atoms with Gasteiger partial charge in [0.25, 0.3) is 5.92 Å². The quantitative estimate of drug-likeness (QED) is 0.849. The van der Waals surface area contributed by atoms with Gasteiger partial charge in [-0.2, -0.15) is 0 Å². The second kappa shape index (κ2) is 8.23. The molecule has 2 heterocycles. The van der Waals surface area contributed by atoms with Crippen molar-refractivity contribution >= 4 is 24.0 Å². The van der Waals surface area contributed by atoms with Crippen LogP contribution in [0.4, 0.5) is 14.5 Å². The number of amides is 1. The van der Waals surface area contributed by atoms with Crippen molar-refractivity contribution in [3.63, 3.8) is 0 Å². The van der Waals surface area contributed by atoms with Crippen molar-refractivity contribution in [1.82, 2.24) is 10.2 Å². The van der Waals surface area contributed by atoms with Gasteiger partial charge in [0.15, 0.2) is 0 Å². The van der Waals surface area contributed by atoms with Gasteiger partial charge in [-0.1, -0.05) is 12.1 Å². The SMILES string of the molecule is Cl.O=C(Nc1cccc(CCN2CCCC2)c1)C1CC(F)(F)CN1. The van der Waals surface area contributed by atoms with Gasteiger partial charge < -0.3 is 10.2 Å². The number of rotatable bonds is 5. The first-order valence-electron chi connectivity index (χ1n) is 8.25. The number of carbonyl (C=O) groups is 1. The fourth-order valence-electron chi connectivity index (χ4n) is 3.23. The molecule has 0 aromatic heterocycles. The molecule has 0 saturated carbocycles. The molecular weight excluding hydrogens is 336 g/mol. The molecule has 2 fully saturated rings. The Labute approximate surface area is 147 Å². The normalized spacial score (nSPS) is 23.0. The van der Waals surface area contributed by atoms with Crippen LogP contribution in [0.15, 0.2) is 24.3 Å². The van der Waals surface area contributed by atoms with Crippen LogP contribution in [0.25, 0.3) is 0 Å². The number of halogens is 3. The zero-order valence-electron chi connectivity index (χ0n) is 13.6. The predicted molar refractivity (Wildman–Crippen MR) is 93.1 cm³/mol. The van der Waals surface area contributed by atoms with Crippen molar-refractivity contribution < 1.29 is 13.6 Å². The van der Waals surface area contributed by atoms with Gasteiger partial charge in [0.2, 0.25) is 5.91 Å². The van der Waals surface area contributed by atoms with Crippen LogP contribution in [0.3, 0.4) is 0 Å². The van der Waals surface area contributed by atoms with E-state index in [1.165, 1.54) is 12.8 Å². The highest BCUT2D eigenvalue weighted by molar-refractivity contribution is 5.95. The van der Waals surface area contributed by atoms with Crippen molar-refractivity contribution in [2.24, 2.45) is 0 Å². The number of hydrogen-bond donors (Lipinski definition) is 2. The van der Waals surface area contributed by atoms with E-state index in [4.69, 9.17) is 0 Å². The maximum Gasteiger partial charge on any atom is 0.262 e. The average Bonchev–Trinajstić information content (AvgIpc) is 3.15. The lowest BCUT2D eigenvalue weighted by Crippen LogP contribution is -2.35. The van der Waals surface area contributed by atoms with E-state index in [0.717, 1.165) is 31.6 Å². The molecule has 2 aliphatic heterocycles. The number of anilines is 1. The molecule has 4 nitrogen and oxygen atoms in total. The third-order valence-electron chi connectivity index (χ3n) is 4.54. The molecule has 0 bridgehead atoms. The second-order valence-electron chi connectivity index (χ2n) is 6.48. The third-order valence-corrected chi connectivity index (χ3v) is 4.54. The molecule has 1 atom stereocenters. The summed E-state index contributed by atoms with van der Waals surface area (Å²) in [5, 5.41) is 5.32. The lowest BCUT2D eigenvalue weighted by atomic mass is 10.1. The minimum Gasteiger partial charge on any atom is -0.325 e. The Hall–Kier alpha value is -1.24. The summed E-state index contributed by atoms with van der Waals surface area (Å²) in [6.45, 7) is 2.92. The molecule has 2 aliphatic rings. The Morgan fingerprint density at radius 1 is 1.33 bits per heavy atom. The molecule has 2 N–H and O–H groups in total. The average molecular weight is 360 g/mol. The molecule has 0 radical (unpaired) electrons. The van der Waals surface area contributed by atoms with Crippen LogP contribution in [0.1, 0.15) is 24.8 Å². The molecule has 0 spiro atoms. The molecule has 1 aromatic rings. The molecule has 1 amide bonds. The number of likely N-dealkylation sites (tertiary alicyclic amines) is 1. The fourth-order valence-corrected chi connectivity index (χ4v) is 3.23. The van der Waals surface area contributed by atoms with Crippen LogP contribution < -0.4 is 10.6 Å². The zero-order valence-corrected chi connectivity index (χ0v) is 14.4. The number of benzene rings is 1. The predicted octanol–water partition coefficient (Wildman–Crippen LogP) is 2.68. The van der Waals surface area contributed by atoms with Crippen molar-refractivity contribution in [2.45, 2.75) is 37.6 Å². The summed E-state index contributed by atoms with van der Waals surface area (Å²) in [4.78, 5) is 14.5. The first-order valence-corrected chi connectivity index (χ1v) is 8.25. The highest BCUT2D eigenvalue weighted by Gasteiger charge is 2.42. The third kappa shape index (κ3) is 5.13. The van der Waals surface area contributed by atoms with Crippen molar-refractivity contribution in [3.05, 3.63) is 29.8 Å². The first-order chi connectivity index (χ1) is 11.0. The van der Waals surface area contributed by atoms with E-state index in [2.05, 4.69) is 15.5 Å². The van der Waals surface area contributed by atoms with E-state index in [1.54, 1.807) is 6.07 Å². The van der Waals surface area contributed by atoms with Gasteiger partial charge in [0, 0.05) is 18.7 Å². The Morgan fingerprint density at radius 2 is 2.08 bits per heavy atom. The van der Waals surface area contributed by atoms with Gasteiger partial charge in [-0.05, 0) is 50.0 Å². The van der Waals surface area contributed by atoms with Crippen molar-refractivity contribution in [2.75, 3.05) is 31.5 Å². The van der Waals surface area contributed by atoms with Crippen molar-refractivity contribution in [3.8, 4) is 0 Å². The lowest BCUT2D eigenvalue weighted by Gasteiger charge is -2.15. The molecule has 7 heteroatoms. The van der Waals surface area contributed by atoms with E-state index in [0.29, 0.717) is 5.69 Å². The van der Waals surface area contributed by atoms with E-state index in [9.17, 15) is 13.6 Å². The molecule has 1 unspecified atom stereocenters. The topological polar surface area (TPSA) is 44.4 Å². The highest BCUT2D eigenvalue weighted by atomic mass is 35.5. The first kappa shape index (κ1) is 19.1. The summed E-state index contributed by atoms with van der Waals surface area (Å²) < 4.78 is 26.3. The maximum absolute atomic E-state index is 13.2. The second-order valence-corrected chi connectivity index (χ2v) is 6.48. The summed E-state index contributed by atoms with van der Waals surface area (Å²) in [5.74, 6) is -3.18. The van der Waals surface area contributed by atoms with Crippen LogP contribution in [0.5, 0.6) is 0 Å². The molecule has 134 valence electrons. The Kier molecular flexibility index (Phi) is 6.54. The Morgan fingerprint density at radius 3 is 2.75 bits per heavy atom. The number of alkyl halides is 2. The van der Waals surface area contributed by atoms with Crippen LogP contribution in [0, 0.1) is 0 Å². The van der Waals surface area contributed by atoms with Gasteiger partial charge >= 0.3 is 0 Å². The minimum absolute atomic E-state index is 0. The smallest absolute Gasteiger partial charge is 0.262 e. The zero-order chi connectivity index (χ0) is 16.3. The molecule has 24 heavy (non-hydrogen) atoms. The lowest BCUT2D eigenvalue weighted by molar-refractivity contribution is -0.118. The maximum atomic E-state index is 13.2. The van der Waals surface area contributed by atoms with Gasteiger partial charge in [0.05, 0.1) is 12.6 Å². The largest absolute Gasteiger partial charge is 0.325 e. The van der Waals surface area contributed by atoms with Gasteiger partial charge in [-0.25, -0.2) is 8.78 Å². The van der Waals surface area contributed by atoms with E-state index in [1.807, 2.05) is 18.2 Å². The molecule has 0 aliphatic carbocycles. The van der Waals surface area contributed by atoms with E-state index >= 15 is 0 Å². The summed E-state index contributed by atoms with van der Waals surface area (Å²) in [5.41, 5.74) is 1.82. The molecular formula is C17H24ClF2N3O.